The van der Waals surface area contributed by atoms with E-state index in [4.69, 9.17) is 4.74 Å². The molecule has 0 aliphatic rings. The van der Waals surface area contributed by atoms with Crippen LogP contribution in [0.1, 0.15) is 31.9 Å². The second-order valence-corrected chi connectivity index (χ2v) is 3.97. The summed E-state index contributed by atoms with van der Waals surface area (Å²) in [5.74, 6) is -0.0388. The van der Waals surface area contributed by atoms with Gasteiger partial charge in [0.2, 0.25) is 0 Å². The van der Waals surface area contributed by atoms with Crippen molar-refractivity contribution < 1.29 is 19.7 Å². The van der Waals surface area contributed by atoms with Crippen LogP contribution in [-0.4, -0.2) is 29.3 Å². The Bertz CT molecular complexity index is 406. The topological polar surface area (TPSA) is 78.8 Å². The highest BCUT2D eigenvalue weighted by molar-refractivity contribution is 5.69. The number of nitrogens with one attached hydrogen (secondary N) is 1. The second kappa shape index (κ2) is 6.86. The Balaban J connectivity index is 2.47. The van der Waals surface area contributed by atoms with Crippen LogP contribution < -0.4 is 5.32 Å². The van der Waals surface area contributed by atoms with Gasteiger partial charge in [0.25, 0.3) is 0 Å². The lowest BCUT2D eigenvalue weighted by Gasteiger charge is -2.15. The molecule has 0 aliphatic heterocycles. The molecule has 0 fully saturated rings. The average molecular weight is 253 g/mol. The van der Waals surface area contributed by atoms with Gasteiger partial charge in [0.05, 0.1) is 13.0 Å². The number of ether oxygens (including phenoxy) is 1. The number of carbonyl (C=O) groups excluding carboxylic acids is 1. The van der Waals surface area contributed by atoms with E-state index in [0.717, 1.165) is 0 Å². The summed E-state index contributed by atoms with van der Waals surface area (Å²) in [5, 5.41) is 22.1. The Labute approximate surface area is 106 Å². The van der Waals surface area contributed by atoms with Crippen molar-refractivity contribution in [3.63, 3.8) is 0 Å². The highest BCUT2D eigenvalue weighted by Gasteiger charge is 2.11. The maximum absolute atomic E-state index is 11.1. The van der Waals surface area contributed by atoms with Crippen molar-refractivity contribution in [1.29, 1.82) is 0 Å². The van der Waals surface area contributed by atoms with Gasteiger partial charge in [-0.05, 0) is 32.0 Å². The summed E-state index contributed by atoms with van der Waals surface area (Å²) in [5.41, 5.74) is 0.596. The molecular formula is C13H19NO4. The number of phenolic OH excluding ortho intramolecular Hbond substituents is 2. The minimum absolute atomic E-state index is 0.0989. The maximum atomic E-state index is 11.1. The van der Waals surface area contributed by atoms with Gasteiger partial charge in [-0.2, -0.15) is 0 Å². The number of rotatable bonds is 6. The highest BCUT2D eigenvalue weighted by Crippen LogP contribution is 2.27. The first-order valence-electron chi connectivity index (χ1n) is 5.95. The van der Waals surface area contributed by atoms with Gasteiger partial charge in [0.1, 0.15) is 11.5 Å². The average Bonchev–Trinajstić information content (AvgIpc) is 2.32. The van der Waals surface area contributed by atoms with Crippen LogP contribution in [0.3, 0.4) is 0 Å². The standard InChI is InChI=1S/C13H19NO4/c1-3-18-13(17)6-7-14-9(2)11-8-10(15)4-5-12(11)16/h4-5,8-9,14-16H,3,6-7H2,1-2H3. The van der Waals surface area contributed by atoms with Crippen LogP contribution in [0.5, 0.6) is 11.5 Å². The Morgan fingerprint density at radius 1 is 1.44 bits per heavy atom. The predicted molar refractivity (Wildman–Crippen MR) is 67.4 cm³/mol. The number of hydrogen-bond donors (Lipinski definition) is 3. The third-order valence-corrected chi connectivity index (χ3v) is 2.56. The Morgan fingerprint density at radius 3 is 2.83 bits per heavy atom. The van der Waals surface area contributed by atoms with Crippen molar-refractivity contribution in [3.05, 3.63) is 23.8 Å². The molecule has 1 aromatic carbocycles. The quantitative estimate of drug-likeness (QED) is 0.531. The molecule has 100 valence electrons. The van der Waals surface area contributed by atoms with E-state index < -0.39 is 0 Å². The summed E-state index contributed by atoms with van der Waals surface area (Å²) >= 11 is 0. The molecule has 1 unspecified atom stereocenters. The van der Waals surface area contributed by atoms with Crippen LogP contribution >= 0.6 is 0 Å². The van der Waals surface area contributed by atoms with Gasteiger partial charge in [-0.1, -0.05) is 0 Å². The number of aromatic hydroxyl groups is 2. The van der Waals surface area contributed by atoms with Crippen molar-refractivity contribution >= 4 is 5.97 Å². The first kappa shape index (κ1) is 14.3. The summed E-state index contributed by atoms with van der Waals surface area (Å²) in [6, 6.07) is 4.20. The van der Waals surface area contributed by atoms with Crippen molar-refractivity contribution in [2.75, 3.05) is 13.2 Å². The molecule has 5 heteroatoms. The van der Waals surface area contributed by atoms with Gasteiger partial charge in [0.15, 0.2) is 0 Å². The molecule has 0 heterocycles. The van der Waals surface area contributed by atoms with E-state index >= 15 is 0 Å². The fourth-order valence-corrected chi connectivity index (χ4v) is 1.62. The number of carbonyl (C=O) groups is 1. The van der Waals surface area contributed by atoms with Gasteiger partial charge in [0, 0.05) is 18.2 Å². The molecule has 0 saturated heterocycles. The molecule has 0 amide bonds. The molecule has 1 rings (SSSR count). The molecule has 0 spiro atoms. The molecular weight excluding hydrogens is 234 g/mol. The lowest BCUT2D eigenvalue weighted by atomic mass is 10.1. The van der Waals surface area contributed by atoms with Gasteiger partial charge in [-0.15, -0.1) is 0 Å². The molecule has 18 heavy (non-hydrogen) atoms. The van der Waals surface area contributed by atoms with E-state index in [1.54, 1.807) is 6.92 Å². The summed E-state index contributed by atoms with van der Waals surface area (Å²) < 4.78 is 4.80. The summed E-state index contributed by atoms with van der Waals surface area (Å²) in [6.07, 6.45) is 0.276. The maximum Gasteiger partial charge on any atom is 0.307 e. The molecule has 0 saturated carbocycles. The normalized spacial score (nSPS) is 12.1. The molecule has 1 aromatic rings. The zero-order valence-electron chi connectivity index (χ0n) is 10.6. The van der Waals surface area contributed by atoms with Crippen LogP contribution in [-0.2, 0) is 9.53 Å². The van der Waals surface area contributed by atoms with Crippen LogP contribution in [0.25, 0.3) is 0 Å². The zero-order chi connectivity index (χ0) is 13.5. The van der Waals surface area contributed by atoms with Crippen molar-refractivity contribution in [1.82, 2.24) is 5.32 Å². The number of benzene rings is 1. The van der Waals surface area contributed by atoms with Crippen LogP contribution in [0, 0.1) is 0 Å². The van der Waals surface area contributed by atoms with E-state index in [9.17, 15) is 15.0 Å². The van der Waals surface area contributed by atoms with Gasteiger partial charge in [-0.3, -0.25) is 4.79 Å². The van der Waals surface area contributed by atoms with E-state index in [-0.39, 0.29) is 29.9 Å². The summed E-state index contributed by atoms with van der Waals surface area (Å²) in [6.45, 7) is 4.44. The smallest absolute Gasteiger partial charge is 0.307 e. The molecule has 1 atom stereocenters. The molecule has 5 nitrogen and oxygen atoms in total. The van der Waals surface area contributed by atoms with E-state index in [0.29, 0.717) is 18.7 Å². The Morgan fingerprint density at radius 2 is 2.17 bits per heavy atom. The lowest BCUT2D eigenvalue weighted by molar-refractivity contribution is -0.143. The van der Waals surface area contributed by atoms with Crippen LogP contribution in [0.15, 0.2) is 18.2 Å². The van der Waals surface area contributed by atoms with E-state index in [1.807, 2.05) is 6.92 Å². The largest absolute Gasteiger partial charge is 0.508 e. The third kappa shape index (κ3) is 4.25. The van der Waals surface area contributed by atoms with Crippen molar-refractivity contribution in [3.8, 4) is 11.5 Å². The minimum atomic E-state index is -0.252. The van der Waals surface area contributed by atoms with Crippen molar-refractivity contribution in [2.24, 2.45) is 0 Å². The second-order valence-electron chi connectivity index (χ2n) is 3.97. The summed E-state index contributed by atoms with van der Waals surface area (Å²) in [4.78, 5) is 11.1. The Hall–Kier alpha value is -1.75. The molecule has 0 aromatic heterocycles. The van der Waals surface area contributed by atoms with Crippen molar-refractivity contribution in [2.45, 2.75) is 26.3 Å². The summed E-state index contributed by atoms with van der Waals surface area (Å²) in [7, 11) is 0. The molecule has 3 N–H and O–H groups in total. The number of phenols is 2. The molecule has 0 radical (unpaired) electrons. The third-order valence-electron chi connectivity index (χ3n) is 2.56. The minimum Gasteiger partial charge on any atom is -0.508 e. The van der Waals surface area contributed by atoms with Gasteiger partial charge >= 0.3 is 5.97 Å². The number of hydrogen-bond acceptors (Lipinski definition) is 5. The number of esters is 1. The fraction of sp³-hybridized carbons (Fsp3) is 0.462. The fourth-order valence-electron chi connectivity index (χ4n) is 1.62. The monoisotopic (exact) mass is 253 g/mol. The van der Waals surface area contributed by atoms with Gasteiger partial charge < -0.3 is 20.3 Å². The first-order valence-corrected chi connectivity index (χ1v) is 5.95. The highest BCUT2D eigenvalue weighted by atomic mass is 16.5. The van der Waals surface area contributed by atoms with Crippen LogP contribution in [0.2, 0.25) is 0 Å². The van der Waals surface area contributed by atoms with Gasteiger partial charge in [-0.25, -0.2) is 0 Å². The zero-order valence-corrected chi connectivity index (χ0v) is 10.6. The predicted octanol–water partition coefficient (Wildman–Crippen LogP) is 1.70. The molecule has 0 bridgehead atoms. The SMILES string of the molecule is CCOC(=O)CCNC(C)c1cc(O)ccc1O. The van der Waals surface area contributed by atoms with E-state index in [1.165, 1.54) is 18.2 Å². The van der Waals surface area contributed by atoms with Crippen LogP contribution in [0.4, 0.5) is 0 Å². The lowest BCUT2D eigenvalue weighted by Crippen LogP contribution is -2.22. The Kier molecular flexibility index (Phi) is 5.45. The molecule has 0 aliphatic carbocycles. The van der Waals surface area contributed by atoms with E-state index in [2.05, 4.69) is 5.32 Å². The first-order chi connectivity index (χ1) is 8.54.